The largest absolute Gasteiger partial charge is 0.469 e. The van der Waals surface area contributed by atoms with Gasteiger partial charge < -0.3 is 48.1 Å². The summed E-state index contributed by atoms with van der Waals surface area (Å²) in [5.74, 6) is -3.89. The van der Waals surface area contributed by atoms with Crippen LogP contribution in [0.2, 0.25) is 0 Å². The van der Waals surface area contributed by atoms with Crippen molar-refractivity contribution in [2.45, 2.75) is 179 Å². The Morgan fingerprint density at radius 2 is 1.65 bits per heavy atom. The highest BCUT2D eigenvalue weighted by Crippen LogP contribution is 2.54. The van der Waals surface area contributed by atoms with E-state index in [9.17, 15) is 19.8 Å². The average molecular weight is 727 g/mol. The Morgan fingerprint density at radius 3 is 2.27 bits per heavy atom. The van der Waals surface area contributed by atoms with Crippen molar-refractivity contribution in [2.75, 3.05) is 20.8 Å². The molecule has 0 aromatic rings. The van der Waals surface area contributed by atoms with Crippen molar-refractivity contribution in [2.24, 2.45) is 35.5 Å². The van der Waals surface area contributed by atoms with E-state index in [1.54, 1.807) is 21.0 Å². The third-order valence-corrected chi connectivity index (χ3v) is 13.4. The Kier molecular flexibility index (Phi) is 12.3. The molecule has 5 fully saturated rings. The van der Waals surface area contributed by atoms with Crippen LogP contribution < -0.4 is 0 Å². The number of hydrogen-bond acceptors (Lipinski definition) is 12. The molecule has 1 spiro atoms. The van der Waals surface area contributed by atoms with Gasteiger partial charge in [-0.25, -0.2) is 0 Å². The lowest BCUT2D eigenvalue weighted by Crippen LogP contribution is -2.57. The van der Waals surface area contributed by atoms with E-state index < -0.39 is 64.9 Å². The van der Waals surface area contributed by atoms with Crippen LogP contribution in [0.4, 0.5) is 0 Å². The van der Waals surface area contributed by atoms with Crippen molar-refractivity contribution in [3.05, 3.63) is 0 Å². The summed E-state index contributed by atoms with van der Waals surface area (Å²) in [6.07, 6.45) is 2.23. The van der Waals surface area contributed by atoms with E-state index in [0.717, 1.165) is 25.7 Å². The molecule has 5 rings (SSSR count). The van der Waals surface area contributed by atoms with Crippen LogP contribution in [0, 0.1) is 35.5 Å². The second-order valence-corrected chi connectivity index (χ2v) is 17.2. The van der Waals surface area contributed by atoms with E-state index >= 15 is 0 Å². The summed E-state index contributed by atoms with van der Waals surface area (Å²) in [6.45, 7) is 17.7. The van der Waals surface area contributed by atoms with Crippen molar-refractivity contribution < 1.29 is 57.7 Å². The number of ether oxygens (including phenoxy) is 8. The first kappa shape index (κ1) is 40.8. The molecule has 0 aliphatic carbocycles. The maximum absolute atomic E-state index is 12.6. The third kappa shape index (κ3) is 7.64. The Hall–Kier alpha value is -1.38. The SMILES string of the molecule is CCC(=O)O[C@H]([C@H](C)[C@H]1O[C@@]2(CC[C@@](C)([C@H]3CC[C@@](C)([C@@H]4O[C@@H]([C@H]5O[C@](CO)(OC)[C@H](C)C[C@@H]5C)C[C@@H]4C)O3)O2)C[C@H](O)[C@H]1C)[C@H](C)C(=O)OC. The molecule has 0 bridgehead atoms. The predicted octanol–water partition coefficient (Wildman–Crippen LogP) is 4.93. The summed E-state index contributed by atoms with van der Waals surface area (Å²) in [6, 6.07) is 0. The van der Waals surface area contributed by atoms with E-state index in [2.05, 4.69) is 34.6 Å². The quantitative estimate of drug-likeness (QED) is 0.278. The molecule has 0 aromatic heterocycles. The predicted molar refractivity (Wildman–Crippen MR) is 186 cm³/mol. The van der Waals surface area contributed by atoms with Crippen molar-refractivity contribution in [3.8, 4) is 0 Å². The molecular formula is C39H66O12. The fourth-order valence-electron chi connectivity index (χ4n) is 10.1. The highest BCUT2D eigenvalue weighted by molar-refractivity contribution is 5.74. The lowest BCUT2D eigenvalue weighted by Gasteiger charge is -2.48. The molecule has 0 radical (unpaired) electrons. The van der Waals surface area contributed by atoms with Crippen LogP contribution in [-0.2, 0) is 47.5 Å². The van der Waals surface area contributed by atoms with Crippen LogP contribution in [-0.4, -0.2) is 108 Å². The van der Waals surface area contributed by atoms with Gasteiger partial charge in [-0.05, 0) is 64.7 Å². The number of aliphatic hydroxyl groups excluding tert-OH is 2. The first-order chi connectivity index (χ1) is 23.9. The van der Waals surface area contributed by atoms with Crippen molar-refractivity contribution in [3.63, 3.8) is 0 Å². The Labute approximate surface area is 304 Å². The van der Waals surface area contributed by atoms with Gasteiger partial charge in [-0.15, -0.1) is 0 Å². The van der Waals surface area contributed by atoms with E-state index in [1.165, 1.54) is 7.11 Å². The normalized spacial score (nSPS) is 47.6. The van der Waals surface area contributed by atoms with E-state index in [4.69, 9.17) is 37.9 Å². The zero-order chi connectivity index (χ0) is 37.7. The maximum atomic E-state index is 12.6. The number of aliphatic hydroxyl groups is 2. The summed E-state index contributed by atoms with van der Waals surface area (Å²) in [5.41, 5.74) is -1.21. The summed E-state index contributed by atoms with van der Waals surface area (Å²) < 4.78 is 50.7. The second kappa shape index (κ2) is 15.4. The lowest BCUT2D eigenvalue weighted by atomic mass is 9.78. The van der Waals surface area contributed by atoms with Gasteiger partial charge >= 0.3 is 11.9 Å². The molecule has 17 atom stereocenters. The van der Waals surface area contributed by atoms with Crippen molar-refractivity contribution in [1.82, 2.24) is 0 Å². The van der Waals surface area contributed by atoms with Crippen LogP contribution in [0.5, 0.6) is 0 Å². The van der Waals surface area contributed by atoms with Crippen molar-refractivity contribution in [1.29, 1.82) is 0 Å². The van der Waals surface area contributed by atoms with Crippen LogP contribution in [0.15, 0.2) is 0 Å². The first-order valence-electron chi connectivity index (χ1n) is 19.4. The average Bonchev–Trinajstić information content (AvgIpc) is 3.80. The minimum atomic E-state index is -1.05. The fourth-order valence-corrected chi connectivity index (χ4v) is 10.1. The van der Waals surface area contributed by atoms with Gasteiger partial charge in [0.1, 0.15) is 6.10 Å². The minimum Gasteiger partial charge on any atom is -0.469 e. The third-order valence-electron chi connectivity index (χ3n) is 13.4. The number of carbonyl (C=O) groups excluding carboxylic acids is 2. The topological polar surface area (TPSA) is 148 Å². The smallest absolute Gasteiger partial charge is 0.312 e. The van der Waals surface area contributed by atoms with Crippen LogP contribution >= 0.6 is 0 Å². The summed E-state index contributed by atoms with van der Waals surface area (Å²) in [4.78, 5) is 25.1. The fraction of sp³-hybridized carbons (Fsp3) is 0.949. The van der Waals surface area contributed by atoms with Gasteiger partial charge in [0.2, 0.25) is 0 Å². The molecule has 5 aliphatic rings. The van der Waals surface area contributed by atoms with E-state index in [1.807, 2.05) is 13.8 Å². The van der Waals surface area contributed by atoms with Gasteiger partial charge in [-0.2, -0.15) is 0 Å². The number of methoxy groups -OCH3 is 2. The summed E-state index contributed by atoms with van der Waals surface area (Å²) in [7, 11) is 2.91. The Balaban J connectivity index is 1.28. The standard InChI is InChI=1S/C39H66O12/c1-12-30(42)47-32(26(7)35(43)44-10)25(6)33-24(5)27(41)19-38(49-33)16-15-36(8,51-38)29-13-14-37(9,48-29)34-22(3)18-28(46-34)31-21(2)17-23(4)39(20-40,45-11)50-31/h21-29,31-34,40-41H,12-20H2,1-11H3/t21-,22-,23+,24+,25-,26-,27-,28+,29+,31-,32+,33-,34+,36-,37-,38+,39-/m0/s1. The van der Waals surface area contributed by atoms with Gasteiger partial charge in [-0.1, -0.05) is 41.5 Å². The van der Waals surface area contributed by atoms with Gasteiger partial charge in [0.25, 0.3) is 0 Å². The van der Waals surface area contributed by atoms with E-state index in [-0.39, 0.29) is 61.1 Å². The molecule has 5 heterocycles. The molecule has 51 heavy (non-hydrogen) atoms. The summed E-state index contributed by atoms with van der Waals surface area (Å²) in [5, 5.41) is 21.6. The van der Waals surface area contributed by atoms with Gasteiger partial charge in [0.15, 0.2) is 11.6 Å². The number of carbonyl (C=O) groups is 2. The second-order valence-electron chi connectivity index (χ2n) is 17.2. The van der Waals surface area contributed by atoms with Crippen LogP contribution in [0.3, 0.4) is 0 Å². The molecule has 0 amide bonds. The van der Waals surface area contributed by atoms with Crippen LogP contribution in [0.1, 0.15) is 114 Å². The van der Waals surface area contributed by atoms with Crippen molar-refractivity contribution >= 4 is 11.9 Å². The zero-order valence-corrected chi connectivity index (χ0v) is 32.8. The molecule has 0 unspecified atom stereocenters. The van der Waals surface area contributed by atoms with Gasteiger partial charge in [0, 0.05) is 44.1 Å². The first-order valence-corrected chi connectivity index (χ1v) is 19.4. The molecule has 12 nitrogen and oxygen atoms in total. The highest BCUT2D eigenvalue weighted by Gasteiger charge is 2.62. The summed E-state index contributed by atoms with van der Waals surface area (Å²) >= 11 is 0. The molecule has 5 aliphatic heterocycles. The highest BCUT2D eigenvalue weighted by atomic mass is 16.7. The lowest BCUT2D eigenvalue weighted by molar-refractivity contribution is -0.337. The molecule has 12 heteroatoms. The molecule has 294 valence electrons. The van der Waals surface area contributed by atoms with Crippen LogP contribution in [0.25, 0.3) is 0 Å². The maximum Gasteiger partial charge on any atom is 0.312 e. The molecular weight excluding hydrogens is 660 g/mol. The Morgan fingerprint density at radius 1 is 0.941 bits per heavy atom. The Bertz CT molecular complexity index is 1230. The zero-order valence-electron chi connectivity index (χ0n) is 32.8. The molecule has 2 N–H and O–H groups in total. The number of esters is 2. The van der Waals surface area contributed by atoms with Gasteiger partial charge in [-0.3, -0.25) is 9.59 Å². The molecule has 5 saturated heterocycles. The molecule has 0 saturated carbocycles. The molecule has 0 aromatic carbocycles. The number of rotatable bonds is 11. The van der Waals surface area contributed by atoms with E-state index in [0.29, 0.717) is 19.3 Å². The monoisotopic (exact) mass is 726 g/mol. The van der Waals surface area contributed by atoms with Gasteiger partial charge in [0.05, 0.1) is 67.5 Å². The number of hydrogen-bond donors (Lipinski definition) is 2. The minimum absolute atomic E-state index is 0.0552.